The first-order valence-corrected chi connectivity index (χ1v) is 7.29. The number of benzene rings is 2. The van der Waals surface area contributed by atoms with Gasteiger partial charge in [-0.25, -0.2) is 4.98 Å². The van der Waals surface area contributed by atoms with Crippen molar-refractivity contribution in [1.82, 2.24) is 4.98 Å². The van der Waals surface area contributed by atoms with E-state index in [0.29, 0.717) is 10.9 Å². The summed E-state index contributed by atoms with van der Waals surface area (Å²) < 4.78 is 0. The third kappa shape index (κ3) is 2.00. The summed E-state index contributed by atoms with van der Waals surface area (Å²) in [5.74, 6) is 0.856. The van der Waals surface area contributed by atoms with E-state index in [1.807, 2.05) is 37.3 Å². The summed E-state index contributed by atoms with van der Waals surface area (Å²) in [6.07, 6.45) is 0. The zero-order valence-corrected chi connectivity index (χ0v) is 11.7. The molecule has 1 heterocycles. The van der Waals surface area contributed by atoms with Crippen molar-refractivity contribution >= 4 is 39.3 Å². The summed E-state index contributed by atoms with van der Waals surface area (Å²) >= 11 is 1.62. The Morgan fingerprint density at radius 2 is 1.90 bits per heavy atom. The van der Waals surface area contributed by atoms with Gasteiger partial charge >= 0.3 is 0 Å². The number of aromatic nitrogens is 1. The van der Waals surface area contributed by atoms with Crippen LogP contribution in [0.4, 0.5) is 5.69 Å². The van der Waals surface area contributed by atoms with Crippen molar-refractivity contribution < 1.29 is 4.92 Å². The van der Waals surface area contributed by atoms with Crippen molar-refractivity contribution in [2.75, 3.05) is 5.75 Å². The van der Waals surface area contributed by atoms with Crippen LogP contribution >= 0.6 is 11.8 Å². The van der Waals surface area contributed by atoms with E-state index in [-0.39, 0.29) is 10.6 Å². The van der Waals surface area contributed by atoms with E-state index in [2.05, 4.69) is 4.98 Å². The number of thioether (sulfide) groups is 1. The van der Waals surface area contributed by atoms with Crippen LogP contribution in [0.5, 0.6) is 0 Å². The molecule has 3 rings (SSSR count). The van der Waals surface area contributed by atoms with Crippen LogP contribution in [0.2, 0.25) is 0 Å². The van der Waals surface area contributed by atoms with Gasteiger partial charge in [-0.2, -0.15) is 0 Å². The van der Waals surface area contributed by atoms with E-state index in [4.69, 9.17) is 0 Å². The lowest BCUT2D eigenvalue weighted by Crippen LogP contribution is -1.94. The summed E-state index contributed by atoms with van der Waals surface area (Å²) in [5.41, 5.74) is 1.67. The molecule has 0 atom stereocenters. The molecule has 0 bridgehead atoms. The molecule has 0 amide bonds. The van der Waals surface area contributed by atoms with Crippen LogP contribution in [-0.4, -0.2) is 15.7 Å². The maximum Gasteiger partial charge on any atom is 0.279 e. The van der Waals surface area contributed by atoms with Crippen LogP contribution in [0.15, 0.2) is 47.4 Å². The number of hydrogen-bond donors (Lipinski definition) is 0. The fraction of sp³-hybridized carbons (Fsp3) is 0.133. The maximum absolute atomic E-state index is 11.3. The minimum Gasteiger partial charge on any atom is -0.258 e. The molecule has 0 unspecified atom stereocenters. The molecule has 20 heavy (non-hydrogen) atoms. The molecule has 0 fully saturated rings. The third-order valence-corrected chi connectivity index (χ3v) is 4.12. The van der Waals surface area contributed by atoms with Gasteiger partial charge in [0, 0.05) is 16.3 Å². The Balaban J connectivity index is 2.52. The molecule has 1 aromatic heterocycles. The highest BCUT2D eigenvalue weighted by Crippen LogP contribution is 2.38. The van der Waals surface area contributed by atoms with Gasteiger partial charge in [0.25, 0.3) is 5.69 Å². The van der Waals surface area contributed by atoms with E-state index in [1.54, 1.807) is 23.9 Å². The van der Waals surface area contributed by atoms with Crippen LogP contribution in [-0.2, 0) is 0 Å². The van der Waals surface area contributed by atoms with Gasteiger partial charge in [0.2, 0.25) is 0 Å². The van der Waals surface area contributed by atoms with Gasteiger partial charge in [-0.05, 0) is 17.9 Å². The van der Waals surface area contributed by atoms with Crippen molar-refractivity contribution in [3.8, 4) is 0 Å². The first-order chi connectivity index (χ1) is 9.72. The SMILES string of the molecule is CCSc1c2ccccc2nc2cccc([N+](=O)[O-])c12. The number of nitro groups is 1. The van der Waals surface area contributed by atoms with E-state index in [0.717, 1.165) is 21.6 Å². The van der Waals surface area contributed by atoms with Gasteiger partial charge in [-0.1, -0.05) is 31.2 Å². The van der Waals surface area contributed by atoms with Gasteiger partial charge < -0.3 is 0 Å². The normalized spacial score (nSPS) is 11.1. The average Bonchev–Trinajstić information content (AvgIpc) is 2.46. The van der Waals surface area contributed by atoms with Gasteiger partial charge in [0.15, 0.2) is 0 Å². The fourth-order valence-electron chi connectivity index (χ4n) is 2.33. The molecule has 0 aliphatic heterocycles. The molecular formula is C15H12N2O2S. The standard InChI is InChI=1S/C15H12N2O2S/c1-2-20-15-10-6-3-4-7-11(10)16-12-8-5-9-13(14(12)15)17(18)19/h3-9H,2H2,1H3. The number of non-ortho nitro benzene ring substituents is 1. The number of nitrogens with zero attached hydrogens (tertiary/aromatic N) is 2. The van der Waals surface area contributed by atoms with Crippen LogP contribution in [0.25, 0.3) is 21.8 Å². The Morgan fingerprint density at radius 1 is 1.15 bits per heavy atom. The highest BCUT2D eigenvalue weighted by molar-refractivity contribution is 7.99. The van der Waals surface area contributed by atoms with Crippen LogP contribution < -0.4 is 0 Å². The second kappa shape index (κ2) is 5.09. The Hall–Kier alpha value is -2.14. The summed E-state index contributed by atoms with van der Waals surface area (Å²) in [4.78, 5) is 16.4. The lowest BCUT2D eigenvalue weighted by Gasteiger charge is -2.09. The van der Waals surface area contributed by atoms with Crippen molar-refractivity contribution in [3.63, 3.8) is 0 Å². The average molecular weight is 284 g/mol. The highest BCUT2D eigenvalue weighted by Gasteiger charge is 2.18. The first-order valence-electron chi connectivity index (χ1n) is 6.31. The van der Waals surface area contributed by atoms with E-state index >= 15 is 0 Å². The minimum absolute atomic E-state index is 0.122. The smallest absolute Gasteiger partial charge is 0.258 e. The van der Waals surface area contributed by atoms with Gasteiger partial charge in [-0.3, -0.25) is 10.1 Å². The van der Waals surface area contributed by atoms with Crippen LogP contribution in [0, 0.1) is 10.1 Å². The van der Waals surface area contributed by atoms with Crippen LogP contribution in [0.1, 0.15) is 6.92 Å². The van der Waals surface area contributed by atoms with E-state index in [1.165, 1.54) is 0 Å². The molecular weight excluding hydrogens is 272 g/mol. The lowest BCUT2D eigenvalue weighted by molar-refractivity contribution is -0.383. The molecule has 0 radical (unpaired) electrons. The summed E-state index contributed by atoms with van der Waals surface area (Å²) in [6.45, 7) is 2.04. The van der Waals surface area contributed by atoms with Crippen molar-refractivity contribution in [2.45, 2.75) is 11.8 Å². The molecule has 0 spiro atoms. The number of nitro benzene ring substituents is 1. The molecule has 0 N–H and O–H groups in total. The Labute approximate surface area is 120 Å². The zero-order valence-electron chi connectivity index (χ0n) is 10.9. The third-order valence-electron chi connectivity index (χ3n) is 3.12. The molecule has 0 saturated carbocycles. The van der Waals surface area contributed by atoms with Crippen molar-refractivity contribution in [3.05, 3.63) is 52.6 Å². The fourth-order valence-corrected chi connectivity index (χ4v) is 3.30. The topological polar surface area (TPSA) is 56.0 Å². The minimum atomic E-state index is -0.335. The maximum atomic E-state index is 11.3. The Morgan fingerprint density at radius 3 is 2.65 bits per heavy atom. The van der Waals surface area contributed by atoms with Crippen LogP contribution in [0.3, 0.4) is 0 Å². The number of fused-ring (bicyclic) bond motifs is 2. The molecule has 5 heteroatoms. The molecule has 4 nitrogen and oxygen atoms in total. The molecule has 3 aromatic rings. The largest absolute Gasteiger partial charge is 0.279 e. The quantitative estimate of drug-likeness (QED) is 0.309. The molecule has 100 valence electrons. The molecule has 0 aliphatic rings. The number of para-hydroxylation sites is 1. The van der Waals surface area contributed by atoms with Crippen molar-refractivity contribution in [1.29, 1.82) is 0 Å². The second-order valence-electron chi connectivity index (χ2n) is 4.32. The monoisotopic (exact) mass is 284 g/mol. The Bertz CT molecular complexity index is 817. The lowest BCUT2D eigenvalue weighted by atomic mass is 10.1. The zero-order chi connectivity index (χ0) is 14.1. The summed E-state index contributed by atoms with van der Waals surface area (Å²) in [6, 6.07) is 12.8. The first kappa shape index (κ1) is 12.9. The summed E-state index contributed by atoms with van der Waals surface area (Å²) in [7, 11) is 0. The van der Waals surface area contributed by atoms with Gasteiger partial charge in [-0.15, -0.1) is 11.8 Å². The number of pyridine rings is 1. The highest BCUT2D eigenvalue weighted by atomic mass is 32.2. The van der Waals surface area contributed by atoms with Gasteiger partial charge in [0.05, 0.1) is 21.3 Å². The summed E-state index contributed by atoms with van der Waals surface area (Å²) in [5, 5.41) is 12.9. The number of rotatable bonds is 3. The molecule has 0 aliphatic carbocycles. The second-order valence-corrected chi connectivity index (χ2v) is 5.59. The predicted molar refractivity (Wildman–Crippen MR) is 82.3 cm³/mol. The predicted octanol–water partition coefficient (Wildman–Crippen LogP) is 4.41. The number of hydrogen-bond acceptors (Lipinski definition) is 4. The van der Waals surface area contributed by atoms with E-state index < -0.39 is 0 Å². The van der Waals surface area contributed by atoms with Gasteiger partial charge in [0.1, 0.15) is 0 Å². The Kier molecular flexibility index (Phi) is 3.28. The molecule has 0 saturated heterocycles. The molecule has 2 aromatic carbocycles. The van der Waals surface area contributed by atoms with E-state index in [9.17, 15) is 10.1 Å². The van der Waals surface area contributed by atoms with Crippen molar-refractivity contribution in [2.24, 2.45) is 0 Å².